The lowest BCUT2D eigenvalue weighted by Crippen LogP contribution is -2.02. The first kappa shape index (κ1) is 10.4. The van der Waals surface area contributed by atoms with Crippen LogP contribution in [0.3, 0.4) is 0 Å². The predicted molar refractivity (Wildman–Crippen MR) is 49.5 cm³/mol. The zero-order valence-electron chi connectivity index (χ0n) is 7.29. The highest BCUT2D eigenvalue weighted by Crippen LogP contribution is 2.02. The third-order valence-corrected chi connectivity index (χ3v) is 1.51. The SMILES string of the molecule is C=CC[C@@H](O)CC/C=C\CC. The van der Waals surface area contributed by atoms with E-state index < -0.39 is 0 Å². The fourth-order valence-corrected chi connectivity index (χ4v) is 0.883. The van der Waals surface area contributed by atoms with Crippen LogP contribution in [0.1, 0.15) is 32.6 Å². The van der Waals surface area contributed by atoms with E-state index in [2.05, 4.69) is 25.7 Å². The smallest absolute Gasteiger partial charge is 0.0577 e. The van der Waals surface area contributed by atoms with Crippen molar-refractivity contribution in [3.63, 3.8) is 0 Å². The molecule has 1 N–H and O–H groups in total. The summed E-state index contributed by atoms with van der Waals surface area (Å²) in [6, 6.07) is 0. The summed E-state index contributed by atoms with van der Waals surface area (Å²) in [5.41, 5.74) is 0. The second-order valence-electron chi connectivity index (χ2n) is 2.64. The maximum Gasteiger partial charge on any atom is 0.0577 e. The van der Waals surface area contributed by atoms with Gasteiger partial charge in [0.15, 0.2) is 0 Å². The van der Waals surface area contributed by atoms with Crippen molar-refractivity contribution in [2.24, 2.45) is 0 Å². The molecule has 0 aromatic heterocycles. The maximum absolute atomic E-state index is 9.24. The molecule has 0 heterocycles. The molecule has 1 nitrogen and oxygen atoms in total. The summed E-state index contributed by atoms with van der Waals surface area (Å²) in [5, 5.41) is 9.24. The van der Waals surface area contributed by atoms with Gasteiger partial charge in [0.25, 0.3) is 0 Å². The molecule has 0 spiro atoms. The molecule has 0 rings (SSSR count). The summed E-state index contributed by atoms with van der Waals surface area (Å²) in [6.07, 6.45) is 9.42. The summed E-state index contributed by atoms with van der Waals surface area (Å²) in [4.78, 5) is 0. The monoisotopic (exact) mass is 154 g/mol. The highest BCUT2D eigenvalue weighted by molar-refractivity contribution is 4.82. The van der Waals surface area contributed by atoms with Crippen molar-refractivity contribution in [1.82, 2.24) is 0 Å². The van der Waals surface area contributed by atoms with E-state index in [9.17, 15) is 5.11 Å². The lowest BCUT2D eigenvalue weighted by molar-refractivity contribution is 0.169. The quantitative estimate of drug-likeness (QED) is 0.583. The Morgan fingerprint density at radius 3 is 2.73 bits per heavy atom. The molecule has 11 heavy (non-hydrogen) atoms. The van der Waals surface area contributed by atoms with Crippen molar-refractivity contribution in [2.75, 3.05) is 0 Å². The fraction of sp³-hybridized carbons (Fsp3) is 0.600. The van der Waals surface area contributed by atoms with Gasteiger partial charge in [0.2, 0.25) is 0 Å². The average Bonchev–Trinajstić information content (AvgIpc) is 1.99. The molecule has 0 aliphatic carbocycles. The van der Waals surface area contributed by atoms with Crippen molar-refractivity contribution in [1.29, 1.82) is 0 Å². The lowest BCUT2D eigenvalue weighted by Gasteiger charge is -2.03. The van der Waals surface area contributed by atoms with Gasteiger partial charge >= 0.3 is 0 Å². The van der Waals surface area contributed by atoms with E-state index >= 15 is 0 Å². The molecule has 0 unspecified atom stereocenters. The van der Waals surface area contributed by atoms with E-state index in [1.807, 2.05) is 0 Å². The summed E-state index contributed by atoms with van der Waals surface area (Å²) >= 11 is 0. The maximum atomic E-state index is 9.24. The predicted octanol–water partition coefficient (Wildman–Crippen LogP) is 2.67. The molecule has 1 atom stereocenters. The number of allylic oxidation sites excluding steroid dienone is 2. The van der Waals surface area contributed by atoms with Gasteiger partial charge in [0.05, 0.1) is 6.10 Å². The van der Waals surface area contributed by atoms with E-state index in [0.717, 1.165) is 19.3 Å². The Kier molecular flexibility index (Phi) is 7.16. The van der Waals surface area contributed by atoms with Crippen LogP contribution in [0, 0.1) is 0 Å². The van der Waals surface area contributed by atoms with Crippen LogP contribution in [0.4, 0.5) is 0 Å². The Labute approximate surface area is 69.4 Å². The van der Waals surface area contributed by atoms with E-state index in [-0.39, 0.29) is 6.10 Å². The van der Waals surface area contributed by atoms with Gasteiger partial charge in [-0.2, -0.15) is 0 Å². The van der Waals surface area contributed by atoms with Gasteiger partial charge in [-0.1, -0.05) is 25.2 Å². The Balaban J connectivity index is 3.22. The molecule has 0 radical (unpaired) electrons. The second kappa shape index (κ2) is 7.55. The van der Waals surface area contributed by atoms with Crippen LogP contribution < -0.4 is 0 Å². The van der Waals surface area contributed by atoms with Gasteiger partial charge in [-0.25, -0.2) is 0 Å². The van der Waals surface area contributed by atoms with Crippen LogP contribution in [0.15, 0.2) is 24.8 Å². The van der Waals surface area contributed by atoms with Crippen molar-refractivity contribution in [3.8, 4) is 0 Å². The van der Waals surface area contributed by atoms with Gasteiger partial charge in [-0.05, 0) is 25.7 Å². The van der Waals surface area contributed by atoms with Gasteiger partial charge in [-0.3, -0.25) is 0 Å². The van der Waals surface area contributed by atoms with Gasteiger partial charge < -0.3 is 5.11 Å². The van der Waals surface area contributed by atoms with E-state index in [1.165, 1.54) is 0 Å². The molecule has 0 saturated carbocycles. The second-order valence-corrected chi connectivity index (χ2v) is 2.64. The number of hydrogen-bond donors (Lipinski definition) is 1. The molecular formula is C10H18O. The van der Waals surface area contributed by atoms with Crippen LogP contribution in [0.2, 0.25) is 0 Å². The highest BCUT2D eigenvalue weighted by atomic mass is 16.3. The summed E-state index contributed by atoms with van der Waals surface area (Å²) in [5.74, 6) is 0. The topological polar surface area (TPSA) is 20.2 Å². The minimum atomic E-state index is -0.200. The number of rotatable bonds is 6. The van der Waals surface area contributed by atoms with Crippen LogP contribution in [0.5, 0.6) is 0 Å². The molecule has 0 aliphatic rings. The zero-order chi connectivity index (χ0) is 8.53. The van der Waals surface area contributed by atoms with Gasteiger partial charge in [0, 0.05) is 0 Å². The van der Waals surface area contributed by atoms with Crippen molar-refractivity contribution < 1.29 is 5.11 Å². The Bertz CT molecular complexity index is 116. The normalized spacial score (nSPS) is 13.6. The highest BCUT2D eigenvalue weighted by Gasteiger charge is 1.97. The summed E-state index contributed by atoms with van der Waals surface area (Å²) in [7, 11) is 0. The lowest BCUT2D eigenvalue weighted by atomic mass is 10.1. The number of hydrogen-bond acceptors (Lipinski definition) is 1. The van der Waals surface area contributed by atoms with Crippen LogP contribution in [0.25, 0.3) is 0 Å². The molecule has 0 aromatic rings. The summed E-state index contributed by atoms with van der Waals surface area (Å²) < 4.78 is 0. The number of aliphatic hydroxyl groups excluding tert-OH is 1. The van der Waals surface area contributed by atoms with Crippen molar-refractivity contribution >= 4 is 0 Å². The van der Waals surface area contributed by atoms with E-state index in [4.69, 9.17) is 0 Å². The van der Waals surface area contributed by atoms with Crippen LogP contribution in [-0.4, -0.2) is 11.2 Å². The van der Waals surface area contributed by atoms with Crippen molar-refractivity contribution in [2.45, 2.75) is 38.7 Å². The summed E-state index contributed by atoms with van der Waals surface area (Å²) in [6.45, 7) is 5.67. The van der Waals surface area contributed by atoms with Crippen LogP contribution >= 0.6 is 0 Å². The Morgan fingerprint density at radius 2 is 2.18 bits per heavy atom. The Hall–Kier alpha value is -0.560. The van der Waals surface area contributed by atoms with Crippen LogP contribution in [-0.2, 0) is 0 Å². The molecular weight excluding hydrogens is 136 g/mol. The fourth-order valence-electron chi connectivity index (χ4n) is 0.883. The largest absolute Gasteiger partial charge is 0.393 e. The molecule has 0 amide bonds. The average molecular weight is 154 g/mol. The molecule has 0 fully saturated rings. The molecule has 0 aromatic carbocycles. The first-order valence-corrected chi connectivity index (χ1v) is 4.25. The standard InChI is InChI=1S/C10H18O/c1-3-5-6-7-9-10(11)8-4-2/h4-6,10-11H,2-3,7-9H2,1H3/b6-5-/t10-/m1/s1. The third kappa shape index (κ3) is 7.34. The molecule has 0 aliphatic heterocycles. The molecule has 0 saturated heterocycles. The minimum absolute atomic E-state index is 0.200. The number of aliphatic hydroxyl groups is 1. The third-order valence-electron chi connectivity index (χ3n) is 1.51. The van der Waals surface area contributed by atoms with E-state index in [0.29, 0.717) is 6.42 Å². The Morgan fingerprint density at radius 1 is 1.45 bits per heavy atom. The first-order valence-electron chi connectivity index (χ1n) is 4.25. The minimum Gasteiger partial charge on any atom is -0.393 e. The van der Waals surface area contributed by atoms with E-state index in [1.54, 1.807) is 6.08 Å². The molecule has 0 bridgehead atoms. The van der Waals surface area contributed by atoms with Gasteiger partial charge in [0.1, 0.15) is 0 Å². The zero-order valence-corrected chi connectivity index (χ0v) is 7.29. The molecule has 1 heteroatoms. The van der Waals surface area contributed by atoms with Gasteiger partial charge in [-0.15, -0.1) is 6.58 Å². The first-order chi connectivity index (χ1) is 5.31. The molecule has 64 valence electrons. The van der Waals surface area contributed by atoms with Crippen molar-refractivity contribution in [3.05, 3.63) is 24.8 Å².